The lowest BCUT2D eigenvalue weighted by molar-refractivity contribution is -0.118. The summed E-state index contributed by atoms with van der Waals surface area (Å²) in [7, 11) is 1.54. The number of anilines is 1. The molecule has 1 heterocycles. The number of ether oxygens (including phenoxy) is 2. The predicted octanol–water partition coefficient (Wildman–Crippen LogP) is 4.03. The number of thioether (sulfide) groups is 1. The third-order valence-electron chi connectivity index (χ3n) is 4.46. The zero-order valence-corrected chi connectivity index (χ0v) is 17.3. The second-order valence-electron chi connectivity index (χ2n) is 6.54. The highest BCUT2D eigenvalue weighted by Gasteiger charge is 2.29. The molecule has 3 N–H and O–H groups in total. The summed E-state index contributed by atoms with van der Waals surface area (Å²) in [5.41, 5.74) is 7.10. The van der Waals surface area contributed by atoms with Crippen molar-refractivity contribution in [3.05, 3.63) is 53.1 Å². The molecule has 1 aliphatic rings. The molecule has 3 rings (SSSR count). The number of carbonyl (C=O) groups is 1. The van der Waals surface area contributed by atoms with E-state index in [-0.39, 0.29) is 18.1 Å². The quantitative estimate of drug-likeness (QED) is 0.738. The average molecular weight is 420 g/mol. The molecule has 0 saturated carbocycles. The molecule has 1 aliphatic heterocycles. The van der Waals surface area contributed by atoms with E-state index in [9.17, 15) is 4.79 Å². The number of hydrogen-bond donors (Lipinski definition) is 2. The van der Waals surface area contributed by atoms with E-state index in [4.69, 9.17) is 26.8 Å². The smallest absolute Gasteiger partial charge is 0.262 e. The summed E-state index contributed by atoms with van der Waals surface area (Å²) >= 11 is 7.64. The van der Waals surface area contributed by atoms with Gasteiger partial charge in [0.15, 0.2) is 11.8 Å². The van der Waals surface area contributed by atoms with Crippen molar-refractivity contribution in [3.8, 4) is 11.5 Å². The highest BCUT2D eigenvalue weighted by atomic mass is 35.5. The first-order valence-corrected chi connectivity index (χ1v) is 10.1. The van der Waals surface area contributed by atoms with Gasteiger partial charge in [-0.3, -0.25) is 9.79 Å². The summed E-state index contributed by atoms with van der Waals surface area (Å²) in [5, 5.41) is 3.77. The lowest BCUT2D eigenvalue weighted by Crippen LogP contribution is -2.28. The summed E-state index contributed by atoms with van der Waals surface area (Å²) in [6.07, 6.45) is 0.889. The molecule has 0 saturated heterocycles. The summed E-state index contributed by atoms with van der Waals surface area (Å²) in [6, 6.07) is 12.7. The minimum absolute atomic E-state index is 0.120. The Morgan fingerprint density at radius 3 is 2.89 bits per heavy atom. The van der Waals surface area contributed by atoms with Gasteiger partial charge in [0.1, 0.15) is 11.5 Å². The Morgan fingerprint density at radius 2 is 2.18 bits per heavy atom. The highest BCUT2D eigenvalue weighted by molar-refractivity contribution is 8.13. The van der Waals surface area contributed by atoms with Crippen LogP contribution in [0.4, 0.5) is 5.69 Å². The Kier molecular flexibility index (Phi) is 6.36. The first-order chi connectivity index (χ1) is 13.4. The van der Waals surface area contributed by atoms with E-state index in [0.29, 0.717) is 27.4 Å². The van der Waals surface area contributed by atoms with Crippen molar-refractivity contribution in [2.45, 2.75) is 18.9 Å². The van der Waals surface area contributed by atoms with Gasteiger partial charge in [-0.1, -0.05) is 35.5 Å². The van der Waals surface area contributed by atoms with Gasteiger partial charge in [0.05, 0.1) is 17.7 Å². The minimum Gasteiger partial charge on any atom is -0.495 e. The monoisotopic (exact) mass is 419 g/mol. The number of nitrogens with one attached hydrogen (secondary N) is 1. The van der Waals surface area contributed by atoms with E-state index in [1.165, 1.54) is 7.11 Å². The number of hydrogen-bond acceptors (Lipinski definition) is 6. The Hall–Kier alpha value is -2.38. The number of amides is 1. The zero-order valence-electron chi connectivity index (χ0n) is 15.7. The van der Waals surface area contributed by atoms with E-state index in [1.807, 2.05) is 24.3 Å². The number of rotatable bonds is 6. The summed E-state index contributed by atoms with van der Waals surface area (Å²) in [4.78, 5) is 16.8. The Morgan fingerprint density at radius 1 is 1.36 bits per heavy atom. The molecular weight excluding hydrogens is 398 g/mol. The first-order valence-electron chi connectivity index (χ1n) is 8.74. The number of benzene rings is 2. The van der Waals surface area contributed by atoms with Crippen molar-refractivity contribution >= 4 is 40.1 Å². The van der Waals surface area contributed by atoms with E-state index < -0.39 is 0 Å². The fourth-order valence-electron chi connectivity index (χ4n) is 2.91. The maximum Gasteiger partial charge on any atom is 0.262 e. The van der Waals surface area contributed by atoms with Gasteiger partial charge >= 0.3 is 0 Å². The highest BCUT2D eigenvalue weighted by Crippen LogP contribution is 2.36. The van der Waals surface area contributed by atoms with Gasteiger partial charge in [-0.05, 0) is 49.2 Å². The van der Waals surface area contributed by atoms with Crippen molar-refractivity contribution in [2.24, 2.45) is 10.7 Å². The summed E-state index contributed by atoms with van der Waals surface area (Å²) in [5.74, 6) is 1.79. The van der Waals surface area contributed by atoms with Crippen molar-refractivity contribution < 1.29 is 14.3 Å². The van der Waals surface area contributed by atoms with E-state index in [0.717, 1.165) is 17.7 Å². The fourth-order valence-corrected chi connectivity index (χ4v) is 4.14. The van der Waals surface area contributed by atoms with Gasteiger partial charge in [-0.2, -0.15) is 0 Å². The molecule has 0 bridgehead atoms. The average Bonchev–Trinajstić information content (AvgIpc) is 2.67. The number of amidine groups is 1. The van der Waals surface area contributed by atoms with Crippen molar-refractivity contribution in [2.75, 3.05) is 24.8 Å². The van der Waals surface area contributed by atoms with Gasteiger partial charge < -0.3 is 20.5 Å². The van der Waals surface area contributed by atoms with Gasteiger partial charge in [-0.25, -0.2) is 0 Å². The van der Waals surface area contributed by atoms with Crippen LogP contribution in [0.5, 0.6) is 11.5 Å². The van der Waals surface area contributed by atoms with E-state index in [1.54, 1.807) is 30.0 Å². The van der Waals surface area contributed by atoms with Gasteiger partial charge in [0.25, 0.3) is 5.91 Å². The first kappa shape index (κ1) is 20.4. The van der Waals surface area contributed by atoms with Crippen LogP contribution < -0.4 is 20.5 Å². The van der Waals surface area contributed by atoms with Crippen LogP contribution in [0.25, 0.3) is 0 Å². The molecule has 148 valence electrons. The zero-order chi connectivity index (χ0) is 20.1. The molecule has 0 aromatic heterocycles. The molecule has 1 atom stereocenters. The second kappa shape index (κ2) is 8.75. The number of halogens is 1. The topological polar surface area (TPSA) is 85.9 Å². The van der Waals surface area contributed by atoms with Crippen LogP contribution >= 0.6 is 23.4 Å². The standard InChI is InChI=1S/C20H22ClN3O3S/c1-20(8-9-28-19(22)24-20)13-4-3-5-15(10-13)27-12-18(25)23-14-6-7-17(26-2)16(21)11-14/h3-7,10-11H,8-9,12H2,1-2H3,(H2,22,24)(H,23,25). The number of aliphatic imine (C=N–C) groups is 1. The molecule has 0 spiro atoms. The third-order valence-corrected chi connectivity index (χ3v) is 5.55. The Bertz CT molecular complexity index is 906. The SMILES string of the molecule is COc1ccc(NC(=O)COc2cccc(C3(C)CCSC(N)=N3)c2)cc1Cl. The van der Waals surface area contributed by atoms with Gasteiger partial charge in [0.2, 0.25) is 0 Å². The van der Waals surface area contributed by atoms with Gasteiger partial charge in [0, 0.05) is 11.4 Å². The minimum atomic E-state index is -0.378. The molecule has 28 heavy (non-hydrogen) atoms. The van der Waals surface area contributed by atoms with Crippen molar-refractivity contribution in [1.29, 1.82) is 0 Å². The van der Waals surface area contributed by atoms with E-state index in [2.05, 4.69) is 17.2 Å². The molecule has 1 unspecified atom stereocenters. The summed E-state index contributed by atoms with van der Waals surface area (Å²) < 4.78 is 10.8. The maximum absolute atomic E-state index is 12.2. The molecule has 1 amide bonds. The molecule has 0 aliphatic carbocycles. The Balaban J connectivity index is 1.62. The molecule has 6 nitrogen and oxygen atoms in total. The van der Waals surface area contributed by atoms with Crippen LogP contribution in [-0.2, 0) is 10.3 Å². The normalized spacial score (nSPS) is 18.9. The van der Waals surface area contributed by atoms with Crippen LogP contribution in [0, 0.1) is 0 Å². The van der Waals surface area contributed by atoms with Crippen LogP contribution in [0.3, 0.4) is 0 Å². The van der Waals surface area contributed by atoms with Crippen molar-refractivity contribution in [3.63, 3.8) is 0 Å². The summed E-state index contributed by atoms with van der Waals surface area (Å²) in [6.45, 7) is 1.93. The lowest BCUT2D eigenvalue weighted by Gasteiger charge is -2.30. The molecule has 0 radical (unpaired) electrons. The van der Waals surface area contributed by atoms with Crippen LogP contribution in [0.15, 0.2) is 47.5 Å². The molecule has 2 aromatic rings. The molecular formula is C20H22ClN3O3S. The fraction of sp³-hybridized carbons (Fsp3) is 0.300. The maximum atomic E-state index is 12.2. The molecule has 0 fully saturated rings. The van der Waals surface area contributed by atoms with E-state index >= 15 is 0 Å². The largest absolute Gasteiger partial charge is 0.495 e. The molecule has 2 aromatic carbocycles. The Labute approximate surface area is 173 Å². The number of carbonyl (C=O) groups excluding carboxylic acids is 1. The number of nitrogens with two attached hydrogens (primary N) is 1. The third kappa shape index (κ3) is 4.91. The second-order valence-corrected chi connectivity index (χ2v) is 8.06. The van der Waals surface area contributed by atoms with Crippen LogP contribution in [0.2, 0.25) is 5.02 Å². The van der Waals surface area contributed by atoms with Crippen LogP contribution in [-0.4, -0.2) is 30.5 Å². The number of methoxy groups -OCH3 is 1. The van der Waals surface area contributed by atoms with Gasteiger partial charge in [-0.15, -0.1) is 0 Å². The van der Waals surface area contributed by atoms with Crippen molar-refractivity contribution in [1.82, 2.24) is 0 Å². The predicted molar refractivity (Wildman–Crippen MR) is 115 cm³/mol. The number of nitrogens with zero attached hydrogens (tertiary/aromatic N) is 1. The lowest BCUT2D eigenvalue weighted by atomic mass is 9.90. The molecule has 8 heteroatoms. The van der Waals surface area contributed by atoms with Crippen LogP contribution in [0.1, 0.15) is 18.9 Å².